The van der Waals surface area contributed by atoms with Crippen molar-refractivity contribution in [3.05, 3.63) is 100 Å². The fourth-order valence-electron chi connectivity index (χ4n) is 7.26. The number of aryl methyl sites for hydroxylation is 2. The number of aliphatic carboxylic acids is 1. The van der Waals surface area contributed by atoms with Crippen molar-refractivity contribution < 1.29 is 18.7 Å². The molecule has 3 atom stereocenters. The van der Waals surface area contributed by atoms with Gasteiger partial charge >= 0.3 is 5.97 Å². The minimum absolute atomic E-state index is 0.0351. The number of nitrogens with one attached hydrogen (secondary N) is 1. The molecule has 1 aliphatic heterocycles. The molecule has 0 spiro atoms. The van der Waals surface area contributed by atoms with Crippen LogP contribution in [0.5, 0.6) is 0 Å². The van der Waals surface area contributed by atoms with Gasteiger partial charge in [-0.2, -0.15) is 16.9 Å². The van der Waals surface area contributed by atoms with E-state index in [1.165, 1.54) is 0 Å². The highest BCUT2D eigenvalue weighted by molar-refractivity contribution is 7.99. The summed E-state index contributed by atoms with van der Waals surface area (Å²) >= 11 is 1.85. The molecule has 1 unspecified atom stereocenters. The summed E-state index contributed by atoms with van der Waals surface area (Å²) < 4.78 is 33.2. The van der Waals surface area contributed by atoms with E-state index in [9.17, 15) is 9.90 Å². The Morgan fingerprint density at radius 2 is 1.94 bits per heavy atom. The maximum Gasteiger partial charge on any atom is 0.306 e. The van der Waals surface area contributed by atoms with Gasteiger partial charge in [-0.3, -0.25) is 9.78 Å². The quantitative estimate of drug-likeness (QED) is 0.196. The predicted octanol–water partition coefficient (Wildman–Crippen LogP) is 8.84. The number of hydrogen-bond acceptors (Lipinski definition) is 5. The van der Waals surface area contributed by atoms with E-state index in [2.05, 4.69) is 42.9 Å². The van der Waals surface area contributed by atoms with E-state index in [1.54, 1.807) is 24.0 Å². The van der Waals surface area contributed by atoms with Gasteiger partial charge in [-0.1, -0.05) is 58.4 Å². The molecule has 0 saturated carbocycles. The number of nitrogens with zero attached hydrogens (tertiary/aromatic N) is 4. The number of carboxylic acids is 1. The van der Waals surface area contributed by atoms with Crippen LogP contribution in [0.25, 0.3) is 22.4 Å². The molecule has 258 valence electrons. The number of pyridine rings is 1. The van der Waals surface area contributed by atoms with Crippen molar-refractivity contribution in [2.24, 2.45) is 18.4 Å². The Labute approximate surface area is 291 Å². The molecule has 4 heterocycles. The second-order valence-electron chi connectivity index (χ2n) is 14.7. The van der Waals surface area contributed by atoms with Crippen molar-refractivity contribution in [1.29, 1.82) is 0 Å². The molecule has 7 nitrogen and oxygen atoms in total. The first-order chi connectivity index (χ1) is 23.3. The molecule has 3 aromatic heterocycles. The van der Waals surface area contributed by atoms with Crippen LogP contribution in [-0.4, -0.2) is 47.3 Å². The molecule has 0 saturated heterocycles. The first kappa shape index (κ1) is 34.8. The molecule has 4 bridgehead atoms. The van der Waals surface area contributed by atoms with E-state index in [-0.39, 0.29) is 10.9 Å². The number of hydrogen-bond donors (Lipinski definition) is 2. The summed E-state index contributed by atoms with van der Waals surface area (Å²) in [6.07, 6.45) is 7.13. The molecular formula is C39H45F2N5O2S. The molecule has 10 heteroatoms. The summed E-state index contributed by atoms with van der Waals surface area (Å²) in [7, 11) is 1.85. The normalized spacial score (nSPS) is 20.7. The lowest BCUT2D eigenvalue weighted by molar-refractivity contribution is -0.141. The number of aromatic nitrogens is 5. The Bertz CT molecular complexity index is 2000. The monoisotopic (exact) mass is 685 g/mol. The van der Waals surface area contributed by atoms with Crippen LogP contribution in [0.3, 0.4) is 0 Å². The molecule has 6 rings (SSSR count). The third-order valence-electron chi connectivity index (χ3n) is 10.3. The fraction of sp³-hybridized carbons (Fsp3) is 0.436. The lowest BCUT2D eigenvalue weighted by atomic mass is 9.75. The number of rotatable bonds is 4. The van der Waals surface area contributed by atoms with Crippen molar-refractivity contribution in [3.63, 3.8) is 0 Å². The third-order valence-corrected chi connectivity index (χ3v) is 11.8. The van der Waals surface area contributed by atoms with Gasteiger partial charge in [-0.15, -0.1) is 0 Å². The zero-order valence-corrected chi connectivity index (χ0v) is 29.9. The van der Waals surface area contributed by atoms with Crippen molar-refractivity contribution >= 4 is 28.6 Å². The van der Waals surface area contributed by atoms with E-state index in [0.29, 0.717) is 35.7 Å². The summed E-state index contributed by atoms with van der Waals surface area (Å²) in [5.74, 6) is -0.474. The van der Waals surface area contributed by atoms with E-state index >= 15 is 8.78 Å². The van der Waals surface area contributed by atoms with Crippen LogP contribution in [0.1, 0.15) is 93.4 Å². The van der Waals surface area contributed by atoms with Gasteiger partial charge in [-0.05, 0) is 90.0 Å². The van der Waals surface area contributed by atoms with Gasteiger partial charge < -0.3 is 10.1 Å². The topological polar surface area (TPSA) is 96.7 Å². The van der Waals surface area contributed by atoms with Crippen LogP contribution < -0.4 is 0 Å². The van der Waals surface area contributed by atoms with E-state index in [1.807, 2.05) is 56.1 Å². The van der Waals surface area contributed by atoms with Gasteiger partial charge in [0.1, 0.15) is 5.69 Å². The Balaban J connectivity index is 1.48. The van der Waals surface area contributed by atoms with Crippen LogP contribution in [-0.2, 0) is 30.1 Å². The molecule has 49 heavy (non-hydrogen) atoms. The number of carbonyl (C=O) groups is 1. The third kappa shape index (κ3) is 6.89. The van der Waals surface area contributed by atoms with Gasteiger partial charge in [0.2, 0.25) is 0 Å². The highest BCUT2D eigenvalue weighted by atomic mass is 32.2. The van der Waals surface area contributed by atoms with E-state index in [0.717, 1.165) is 58.4 Å². The zero-order chi connectivity index (χ0) is 35.1. The molecule has 5 aromatic rings. The summed E-state index contributed by atoms with van der Waals surface area (Å²) in [4.78, 5) is 24.3. The molecule has 0 aliphatic carbocycles. The van der Waals surface area contributed by atoms with Gasteiger partial charge in [0, 0.05) is 36.3 Å². The van der Waals surface area contributed by atoms with Crippen LogP contribution in [0.4, 0.5) is 8.78 Å². The molecule has 1 aliphatic rings. The summed E-state index contributed by atoms with van der Waals surface area (Å²) in [5.41, 5.74) is 4.32. The highest BCUT2D eigenvalue weighted by Crippen LogP contribution is 2.41. The summed E-state index contributed by atoms with van der Waals surface area (Å²) in [5, 5.41) is 15.3. The molecule has 0 fully saturated rings. The van der Waals surface area contributed by atoms with Gasteiger partial charge in [0.05, 0.1) is 16.8 Å². The number of aromatic amines is 1. The smallest absolute Gasteiger partial charge is 0.306 e. The second kappa shape index (κ2) is 13.7. The molecule has 0 radical (unpaired) electrons. The SMILES string of the molecule is CC1c2ccnc(c2)-c2nc(nn2C)[C@@](C)(c2cccc(C[C@@H](C)C(=O)O)c2)CCCC(C)(C)CSCCc2c1c(F)c(F)c1[nH]ccc21. The minimum Gasteiger partial charge on any atom is -0.481 e. The second-order valence-corrected chi connectivity index (χ2v) is 15.8. The Morgan fingerprint density at radius 3 is 2.71 bits per heavy atom. The summed E-state index contributed by atoms with van der Waals surface area (Å²) in [6.45, 7) is 10.4. The van der Waals surface area contributed by atoms with Crippen LogP contribution in [0.15, 0.2) is 54.9 Å². The molecular weight excluding hydrogens is 641 g/mol. The number of carboxylic acid groups (broad SMARTS) is 1. The lowest BCUT2D eigenvalue weighted by Gasteiger charge is -2.31. The van der Waals surface area contributed by atoms with Crippen molar-refractivity contribution in [1.82, 2.24) is 24.7 Å². The number of halogens is 2. The van der Waals surface area contributed by atoms with E-state index < -0.39 is 34.9 Å². The molecule has 2 aromatic carbocycles. The first-order valence-corrected chi connectivity index (χ1v) is 18.2. The van der Waals surface area contributed by atoms with Crippen LogP contribution in [0, 0.1) is 23.0 Å². The first-order valence-electron chi connectivity index (χ1n) is 17.0. The number of benzene rings is 2. The van der Waals surface area contributed by atoms with Crippen LogP contribution >= 0.6 is 11.8 Å². The minimum atomic E-state index is -0.852. The maximum absolute atomic E-state index is 16.0. The van der Waals surface area contributed by atoms with Gasteiger partial charge in [-0.25, -0.2) is 18.4 Å². The highest BCUT2D eigenvalue weighted by Gasteiger charge is 2.35. The van der Waals surface area contributed by atoms with E-state index in [4.69, 9.17) is 10.1 Å². The molecule has 2 N–H and O–H groups in total. The lowest BCUT2D eigenvalue weighted by Crippen LogP contribution is -2.27. The fourth-order valence-corrected chi connectivity index (χ4v) is 8.45. The van der Waals surface area contributed by atoms with Gasteiger partial charge in [0.25, 0.3) is 0 Å². The Hall–Kier alpha value is -4.05. The molecule has 0 amide bonds. The predicted molar refractivity (Wildman–Crippen MR) is 192 cm³/mol. The average Bonchev–Trinajstić information content (AvgIpc) is 3.72. The standard InChI is InChI=1S/C39H45F2N5O2S/c1-23(36(47)48)19-25-9-7-10-27(20-25)39(5)15-8-14-38(3,4)22-49-18-13-28-29-12-17-43-34(29)33(41)32(40)31(28)24(2)26-11-16-42-30(21-26)35-44-37(39)45-46(35)6/h7,9-12,16-17,20-21,23-24,43H,8,13-15,18-19,22H2,1-6H3,(H,47,48)/t23-,24?,39-/m1/s1. The summed E-state index contributed by atoms with van der Waals surface area (Å²) in [6, 6.07) is 13.8. The number of H-pyrrole nitrogens is 1. The number of thioether (sulfide) groups is 1. The Kier molecular flexibility index (Phi) is 9.72. The largest absolute Gasteiger partial charge is 0.481 e. The zero-order valence-electron chi connectivity index (χ0n) is 29.1. The maximum atomic E-state index is 16.0. The average molecular weight is 686 g/mol. The van der Waals surface area contributed by atoms with Crippen molar-refractivity contribution in [2.75, 3.05) is 11.5 Å². The Morgan fingerprint density at radius 1 is 1.14 bits per heavy atom. The number of fused-ring (bicyclic) bond motifs is 8. The van der Waals surface area contributed by atoms with Crippen LogP contribution in [0.2, 0.25) is 0 Å². The van der Waals surface area contributed by atoms with Crippen molar-refractivity contribution in [2.45, 2.75) is 78.1 Å². The van der Waals surface area contributed by atoms with Gasteiger partial charge in [0.15, 0.2) is 23.3 Å². The van der Waals surface area contributed by atoms with Crippen molar-refractivity contribution in [3.8, 4) is 11.5 Å².